The number of hydrogen-bond donors (Lipinski definition) is 2. The predicted octanol–water partition coefficient (Wildman–Crippen LogP) is 3.86. The van der Waals surface area contributed by atoms with Crippen molar-refractivity contribution in [3.05, 3.63) is 77.9 Å². The maximum atomic E-state index is 16.3. The molecule has 200 valence electrons. The smallest absolute Gasteiger partial charge is 0.287 e. The average Bonchev–Trinajstić information content (AvgIpc) is 3.48. The van der Waals surface area contributed by atoms with Crippen molar-refractivity contribution in [1.29, 1.82) is 0 Å². The van der Waals surface area contributed by atoms with Gasteiger partial charge in [0.25, 0.3) is 11.8 Å². The van der Waals surface area contributed by atoms with E-state index < -0.39 is 46.1 Å². The first-order valence-electron chi connectivity index (χ1n) is 12.5. The molecule has 4 saturated carbocycles. The second kappa shape index (κ2) is 8.52. The van der Waals surface area contributed by atoms with Crippen LogP contribution < -0.4 is 10.1 Å². The number of aromatic nitrogens is 3. The normalized spacial score (nSPS) is 25.6. The topological polar surface area (TPSA) is 89.3 Å². The molecular weight excluding hydrogens is 504 g/mol. The highest BCUT2D eigenvalue weighted by Crippen LogP contribution is 2.80. The van der Waals surface area contributed by atoms with Gasteiger partial charge >= 0.3 is 0 Å². The van der Waals surface area contributed by atoms with E-state index in [4.69, 9.17) is 4.74 Å². The summed E-state index contributed by atoms with van der Waals surface area (Å²) in [6.45, 7) is -0.849. The van der Waals surface area contributed by atoms with Gasteiger partial charge in [-0.2, -0.15) is 5.10 Å². The molecule has 1 amide bonds. The lowest BCUT2D eigenvalue weighted by Crippen LogP contribution is -2.76. The minimum Gasteiger partial charge on any atom is -0.484 e. The van der Waals surface area contributed by atoms with E-state index in [1.165, 1.54) is 0 Å². The van der Waals surface area contributed by atoms with Crippen molar-refractivity contribution < 1.29 is 32.2 Å². The quantitative estimate of drug-likeness (QED) is 0.389. The van der Waals surface area contributed by atoms with E-state index in [9.17, 15) is 18.7 Å². The molecule has 4 aliphatic carbocycles. The number of aliphatic hydroxyl groups is 1. The van der Waals surface area contributed by atoms with Crippen LogP contribution in [-0.2, 0) is 22.4 Å². The van der Waals surface area contributed by atoms with Gasteiger partial charge in [-0.15, -0.1) is 0 Å². The van der Waals surface area contributed by atoms with Gasteiger partial charge in [-0.25, -0.2) is 27.2 Å². The van der Waals surface area contributed by atoms with Crippen LogP contribution in [0.1, 0.15) is 43.2 Å². The highest BCUT2D eigenvalue weighted by molar-refractivity contribution is 5.78. The molecule has 11 heteroatoms. The van der Waals surface area contributed by atoms with Gasteiger partial charge in [0.2, 0.25) is 0 Å². The zero-order chi connectivity index (χ0) is 26.8. The van der Waals surface area contributed by atoms with E-state index in [0.717, 1.165) is 47.9 Å². The van der Waals surface area contributed by atoms with E-state index in [1.54, 1.807) is 24.3 Å². The summed E-state index contributed by atoms with van der Waals surface area (Å²) < 4.78 is 67.5. The molecule has 0 saturated heterocycles. The van der Waals surface area contributed by atoms with Crippen molar-refractivity contribution in [2.45, 2.75) is 61.6 Å². The molecular formula is C27H26F4N4O3. The lowest BCUT2D eigenvalue weighted by Gasteiger charge is -2.74. The molecule has 38 heavy (non-hydrogen) atoms. The number of hydrogen-bond acceptors (Lipinski definition) is 5. The van der Waals surface area contributed by atoms with E-state index in [1.807, 2.05) is 0 Å². The monoisotopic (exact) mass is 530 g/mol. The minimum atomic E-state index is -3.76. The number of ether oxygens (including phenoxy) is 1. The van der Waals surface area contributed by atoms with Crippen molar-refractivity contribution in [3.63, 3.8) is 0 Å². The Morgan fingerprint density at radius 2 is 1.84 bits per heavy atom. The third kappa shape index (κ3) is 3.86. The van der Waals surface area contributed by atoms with Gasteiger partial charge in [0.1, 0.15) is 30.0 Å². The summed E-state index contributed by atoms with van der Waals surface area (Å²) in [6, 6.07) is 9.47. The fourth-order valence-electron chi connectivity index (χ4n) is 6.14. The van der Waals surface area contributed by atoms with Crippen LogP contribution in [0.25, 0.3) is 0 Å². The van der Waals surface area contributed by atoms with Crippen LogP contribution >= 0.6 is 0 Å². The summed E-state index contributed by atoms with van der Waals surface area (Å²) in [4.78, 5) is 15.6. The summed E-state index contributed by atoms with van der Waals surface area (Å²) >= 11 is 0. The Labute approximate surface area is 215 Å². The van der Waals surface area contributed by atoms with Gasteiger partial charge in [-0.3, -0.25) is 4.79 Å². The first-order valence-corrected chi connectivity index (χ1v) is 12.5. The highest BCUT2D eigenvalue weighted by Gasteiger charge is 2.82. The second-order valence-corrected chi connectivity index (χ2v) is 10.9. The number of carbonyl (C=O) groups is 1. The van der Waals surface area contributed by atoms with Crippen LogP contribution in [0.15, 0.2) is 55.1 Å². The van der Waals surface area contributed by atoms with Gasteiger partial charge in [0.15, 0.2) is 12.2 Å². The van der Waals surface area contributed by atoms with E-state index in [2.05, 4.69) is 15.4 Å². The molecule has 3 aromatic rings. The third-order valence-electron chi connectivity index (χ3n) is 8.23. The fourth-order valence-corrected chi connectivity index (χ4v) is 6.14. The largest absolute Gasteiger partial charge is 0.484 e. The molecule has 2 aromatic carbocycles. The summed E-state index contributed by atoms with van der Waals surface area (Å²) in [6.07, 6.45) is 4.55. The van der Waals surface area contributed by atoms with Gasteiger partial charge in [0.05, 0.1) is 6.54 Å². The van der Waals surface area contributed by atoms with E-state index in [0.29, 0.717) is 11.8 Å². The number of halogens is 4. The van der Waals surface area contributed by atoms with Gasteiger partial charge in [-0.05, 0) is 67.3 Å². The molecule has 0 radical (unpaired) electrons. The van der Waals surface area contributed by atoms with Crippen LogP contribution in [0.5, 0.6) is 5.75 Å². The number of rotatable bonds is 10. The molecule has 1 aromatic heterocycles. The number of alkyl halides is 2. The molecule has 4 fully saturated rings. The van der Waals surface area contributed by atoms with Crippen molar-refractivity contribution in [3.8, 4) is 5.75 Å². The fraction of sp³-hybridized carbons (Fsp3) is 0.444. The zero-order valence-electron chi connectivity index (χ0n) is 20.3. The Bertz CT molecular complexity index is 1340. The Hall–Kier alpha value is -3.47. The van der Waals surface area contributed by atoms with Crippen LogP contribution in [0, 0.1) is 17.0 Å². The SMILES string of the molecule is O=C(COc1ccc(C23CC(C(F)(F)[C@@](O)(Cn4cncn4)c4ccc(F)cc4F)(C2)C3)cc1)NC1CC1. The Morgan fingerprint density at radius 3 is 2.45 bits per heavy atom. The zero-order valence-corrected chi connectivity index (χ0v) is 20.3. The lowest BCUT2D eigenvalue weighted by atomic mass is 9.30. The molecule has 4 aliphatic rings. The van der Waals surface area contributed by atoms with Gasteiger partial charge in [0, 0.05) is 23.1 Å². The van der Waals surface area contributed by atoms with Crippen molar-refractivity contribution in [2.24, 2.45) is 5.41 Å². The predicted molar refractivity (Wildman–Crippen MR) is 126 cm³/mol. The lowest BCUT2D eigenvalue weighted by molar-refractivity contribution is -0.347. The van der Waals surface area contributed by atoms with E-state index >= 15 is 8.78 Å². The van der Waals surface area contributed by atoms with Crippen LogP contribution in [0.3, 0.4) is 0 Å². The van der Waals surface area contributed by atoms with E-state index in [-0.39, 0.29) is 37.8 Å². The first-order chi connectivity index (χ1) is 18.1. The standard InChI is InChI=1S/C27H26F4N4O3/c28-18-3-8-21(22(29)9-18)26(37,14-35-16-32-15-33-35)27(30,31)25-11-24(12-25,13-25)17-1-6-20(7-2-17)38-10-23(36)34-19-4-5-19/h1-3,6-9,15-16,19,37H,4-5,10-14H2,(H,34,36)/t24?,25?,26-/m1/s1. The number of nitrogens with zero attached hydrogens (tertiary/aromatic N) is 3. The number of nitrogens with one attached hydrogen (secondary N) is 1. The molecule has 7 nitrogen and oxygen atoms in total. The third-order valence-corrected chi connectivity index (χ3v) is 8.23. The summed E-state index contributed by atoms with van der Waals surface area (Å²) in [5, 5.41) is 18.1. The van der Waals surface area contributed by atoms with Crippen LogP contribution in [-0.4, -0.2) is 44.3 Å². The number of carbonyl (C=O) groups excluding carboxylic acids is 1. The Morgan fingerprint density at radius 1 is 1.13 bits per heavy atom. The number of amides is 1. The van der Waals surface area contributed by atoms with Crippen LogP contribution in [0.4, 0.5) is 17.6 Å². The molecule has 0 unspecified atom stereocenters. The molecule has 1 atom stereocenters. The molecule has 2 bridgehead atoms. The molecule has 2 N–H and O–H groups in total. The first kappa shape index (κ1) is 24.8. The Kier molecular flexibility index (Phi) is 5.57. The van der Waals surface area contributed by atoms with Crippen molar-refractivity contribution in [1.82, 2.24) is 20.1 Å². The second-order valence-electron chi connectivity index (χ2n) is 10.9. The summed E-state index contributed by atoms with van der Waals surface area (Å²) in [7, 11) is 0. The van der Waals surface area contributed by atoms with Crippen LogP contribution in [0.2, 0.25) is 0 Å². The summed E-state index contributed by atoms with van der Waals surface area (Å²) in [5.41, 5.74) is -4.85. The summed E-state index contributed by atoms with van der Waals surface area (Å²) in [5.74, 6) is -5.63. The average molecular weight is 531 g/mol. The Balaban J connectivity index is 1.19. The molecule has 1 heterocycles. The molecule has 7 rings (SSSR count). The maximum Gasteiger partial charge on any atom is 0.287 e. The highest BCUT2D eigenvalue weighted by atomic mass is 19.3. The van der Waals surface area contributed by atoms with Crippen molar-refractivity contribution in [2.75, 3.05) is 6.61 Å². The minimum absolute atomic E-state index is 0.0966. The number of benzene rings is 2. The van der Waals surface area contributed by atoms with Crippen molar-refractivity contribution >= 4 is 5.91 Å². The molecule has 0 spiro atoms. The molecule has 0 aliphatic heterocycles. The van der Waals surface area contributed by atoms with Gasteiger partial charge < -0.3 is 15.2 Å². The van der Waals surface area contributed by atoms with Gasteiger partial charge in [-0.1, -0.05) is 12.1 Å². The maximum absolute atomic E-state index is 16.3.